The Morgan fingerprint density at radius 2 is 2.00 bits per heavy atom. The zero-order chi connectivity index (χ0) is 14.0. The van der Waals surface area contributed by atoms with E-state index in [2.05, 4.69) is 0 Å². The van der Waals surface area contributed by atoms with Crippen LogP contribution in [0.1, 0.15) is 16.7 Å². The molecule has 2 aromatic rings. The van der Waals surface area contributed by atoms with Crippen molar-refractivity contribution in [2.75, 3.05) is 12.8 Å². The molecule has 0 bridgehead atoms. The first-order chi connectivity index (χ1) is 9.01. The van der Waals surface area contributed by atoms with E-state index < -0.39 is 0 Å². The largest absolute Gasteiger partial charge is 0.496 e. The SMILES string of the molecule is COc1ccc(C)cc1Cn1cc(N)c(C)cc1=O. The van der Waals surface area contributed by atoms with Crippen molar-refractivity contribution in [3.8, 4) is 5.75 Å². The topological polar surface area (TPSA) is 57.2 Å². The lowest BCUT2D eigenvalue weighted by atomic mass is 10.1. The van der Waals surface area contributed by atoms with Gasteiger partial charge in [0.1, 0.15) is 5.75 Å². The molecule has 0 amide bonds. The number of nitrogens with zero attached hydrogens (tertiary/aromatic N) is 1. The Morgan fingerprint density at radius 3 is 2.68 bits per heavy atom. The highest BCUT2D eigenvalue weighted by Crippen LogP contribution is 2.20. The Labute approximate surface area is 112 Å². The Morgan fingerprint density at radius 1 is 1.26 bits per heavy atom. The van der Waals surface area contributed by atoms with Gasteiger partial charge in [0, 0.05) is 17.8 Å². The molecule has 0 unspecified atom stereocenters. The van der Waals surface area contributed by atoms with Gasteiger partial charge in [0.05, 0.1) is 19.3 Å². The smallest absolute Gasteiger partial charge is 0.251 e. The third-order valence-corrected chi connectivity index (χ3v) is 3.15. The molecule has 0 aliphatic heterocycles. The van der Waals surface area contributed by atoms with E-state index in [4.69, 9.17) is 10.5 Å². The van der Waals surface area contributed by atoms with Gasteiger partial charge in [-0.25, -0.2) is 0 Å². The number of hydrogen-bond donors (Lipinski definition) is 1. The van der Waals surface area contributed by atoms with Crippen LogP contribution < -0.4 is 16.0 Å². The third-order valence-electron chi connectivity index (χ3n) is 3.15. The molecular formula is C15H18N2O2. The predicted octanol–water partition coefficient (Wildman–Crippen LogP) is 2.10. The highest BCUT2D eigenvalue weighted by atomic mass is 16.5. The summed E-state index contributed by atoms with van der Waals surface area (Å²) in [5.41, 5.74) is 9.31. The molecule has 0 aliphatic rings. The summed E-state index contributed by atoms with van der Waals surface area (Å²) in [5.74, 6) is 0.775. The highest BCUT2D eigenvalue weighted by Gasteiger charge is 2.06. The second-order valence-electron chi connectivity index (χ2n) is 4.69. The van der Waals surface area contributed by atoms with Crippen molar-refractivity contribution in [1.82, 2.24) is 4.57 Å². The minimum absolute atomic E-state index is 0.0599. The van der Waals surface area contributed by atoms with Crippen LogP contribution in [0.5, 0.6) is 5.75 Å². The van der Waals surface area contributed by atoms with Gasteiger partial charge in [-0.2, -0.15) is 0 Å². The first kappa shape index (κ1) is 13.2. The second-order valence-corrected chi connectivity index (χ2v) is 4.69. The molecule has 0 saturated heterocycles. The summed E-state index contributed by atoms with van der Waals surface area (Å²) in [6, 6.07) is 7.46. The average molecular weight is 258 g/mol. The van der Waals surface area contributed by atoms with Gasteiger partial charge in [-0.15, -0.1) is 0 Å². The number of benzene rings is 1. The average Bonchev–Trinajstić information content (AvgIpc) is 2.36. The van der Waals surface area contributed by atoms with Crippen LogP contribution >= 0.6 is 0 Å². The third kappa shape index (κ3) is 2.78. The monoisotopic (exact) mass is 258 g/mol. The summed E-state index contributed by atoms with van der Waals surface area (Å²) in [5, 5.41) is 0. The van der Waals surface area contributed by atoms with Gasteiger partial charge < -0.3 is 15.0 Å². The lowest BCUT2D eigenvalue weighted by Gasteiger charge is -2.12. The first-order valence-corrected chi connectivity index (χ1v) is 6.11. The number of anilines is 1. The molecular weight excluding hydrogens is 240 g/mol. The number of ether oxygens (including phenoxy) is 1. The fourth-order valence-corrected chi connectivity index (χ4v) is 2.02. The Hall–Kier alpha value is -2.23. The lowest BCUT2D eigenvalue weighted by Crippen LogP contribution is -2.21. The van der Waals surface area contributed by atoms with Crippen molar-refractivity contribution in [2.24, 2.45) is 0 Å². The molecule has 0 radical (unpaired) electrons. The Balaban J connectivity index is 2.44. The number of rotatable bonds is 3. The molecule has 0 atom stereocenters. The molecule has 4 nitrogen and oxygen atoms in total. The molecule has 1 aromatic heterocycles. The van der Waals surface area contributed by atoms with E-state index in [1.807, 2.05) is 32.0 Å². The fourth-order valence-electron chi connectivity index (χ4n) is 2.02. The predicted molar refractivity (Wildman–Crippen MR) is 76.7 cm³/mol. The zero-order valence-corrected chi connectivity index (χ0v) is 11.4. The van der Waals surface area contributed by atoms with Crippen LogP contribution in [0.15, 0.2) is 35.3 Å². The molecule has 0 spiro atoms. The van der Waals surface area contributed by atoms with Crippen LogP contribution in [0.3, 0.4) is 0 Å². The van der Waals surface area contributed by atoms with Crippen molar-refractivity contribution in [2.45, 2.75) is 20.4 Å². The van der Waals surface area contributed by atoms with Crippen molar-refractivity contribution < 1.29 is 4.74 Å². The number of nitrogen functional groups attached to an aromatic ring is 1. The van der Waals surface area contributed by atoms with E-state index in [0.29, 0.717) is 12.2 Å². The van der Waals surface area contributed by atoms with Crippen LogP contribution in [0.4, 0.5) is 5.69 Å². The van der Waals surface area contributed by atoms with E-state index in [1.165, 1.54) is 0 Å². The first-order valence-electron chi connectivity index (χ1n) is 6.11. The normalized spacial score (nSPS) is 10.5. The minimum atomic E-state index is -0.0599. The van der Waals surface area contributed by atoms with Crippen LogP contribution in [-0.2, 0) is 6.54 Å². The Bertz CT molecular complexity index is 660. The van der Waals surface area contributed by atoms with Crippen LogP contribution in [-0.4, -0.2) is 11.7 Å². The zero-order valence-electron chi connectivity index (χ0n) is 11.4. The number of aryl methyl sites for hydroxylation is 2. The number of pyridine rings is 1. The van der Waals surface area contributed by atoms with E-state index in [9.17, 15) is 4.79 Å². The van der Waals surface area contributed by atoms with Crippen molar-refractivity contribution in [1.29, 1.82) is 0 Å². The summed E-state index contributed by atoms with van der Waals surface area (Å²) in [7, 11) is 1.63. The van der Waals surface area contributed by atoms with E-state index in [0.717, 1.165) is 22.4 Å². The highest BCUT2D eigenvalue weighted by molar-refractivity contribution is 5.44. The molecule has 0 saturated carbocycles. The van der Waals surface area contributed by atoms with E-state index in [1.54, 1.807) is 23.9 Å². The standard InChI is InChI=1S/C15H18N2O2/c1-10-4-5-14(19-3)12(6-10)8-17-9-13(16)11(2)7-15(17)18/h4-7,9H,8,16H2,1-3H3. The number of aromatic nitrogens is 1. The van der Waals surface area contributed by atoms with Gasteiger partial charge in [-0.3, -0.25) is 4.79 Å². The van der Waals surface area contributed by atoms with Crippen molar-refractivity contribution in [3.63, 3.8) is 0 Å². The summed E-state index contributed by atoms with van der Waals surface area (Å²) >= 11 is 0. The van der Waals surface area contributed by atoms with Crippen molar-refractivity contribution >= 4 is 5.69 Å². The molecule has 1 heterocycles. The van der Waals surface area contributed by atoms with Crippen LogP contribution in [0.2, 0.25) is 0 Å². The quantitative estimate of drug-likeness (QED) is 0.917. The van der Waals surface area contributed by atoms with Gasteiger partial charge in [0.15, 0.2) is 0 Å². The van der Waals surface area contributed by atoms with E-state index >= 15 is 0 Å². The maximum Gasteiger partial charge on any atom is 0.251 e. The molecule has 0 fully saturated rings. The number of hydrogen-bond acceptors (Lipinski definition) is 3. The lowest BCUT2D eigenvalue weighted by molar-refractivity contribution is 0.408. The van der Waals surface area contributed by atoms with E-state index in [-0.39, 0.29) is 5.56 Å². The molecule has 4 heteroatoms. The van der Waals surface area contributed by atoms with Gasteiger partial charge in [-0.05, 0) is 25.5 Å². The van der Waals surface area contributed by atoms with Gasteiger partial charge in [-0.1, -0.05) is 17.7 Å². The molecule has 0 aliphatic carbocycles. The summed E-state index contributed by atoms with van der Waals surface area (Å²) in [4.78, 5) is 11.9. The number of nitrogens with two attached hydrogens (primary N) is 1. The molecule has 2 rings (SSSR count). The maximum absolute atomic E-state index is 11.9. The summed E-state index contributed by atoms with van der Waals surface area (Å²) in [6.07, 6.45) is 1.68. The second kappa shape index (κ2) is 5.18. The molecule has 2 N–H and O–H groups in total. The molecule has 100 valence electrons. The molecule has 19 heavy (non-hydrogen) atoms. The van der Waals surface area contributed by atoms with Crippen molar-refractivity contribution in [3.05, 3.63) is 57.5 Å². The maximum atomic E-state index is 11.9. The van der Waals surface area contributed by atoms with Crippen LogP contribution in [0, 0.1) is 13.8 Å². The summed E-state index contributed by atoms with van der Waals surface area (Å²) < 4.78 is 6.92. The fraction of sp³-hybridized carbons (Fsp3) is 0.267. The van der Waals surface area contributed by atoms with Crippen LogP contribution in [0.25, 0.3) is 0 Å². The summed E-state index contributed by atoms with van der Waals surface area (Å²) in [6.45, 7) is 4.29. The minimum Gasteiger partial charge on any atom is -0.496 e. The Kier molecular flexibility index (Phi) is 3.60. The van der Waals surface area contributed by atoms with Gasteiger partial charge in [0.25, 0.3) is 5.56 Å². The van der Waals surface area contributed by atoms with Gasteiger partial charge >= 0.3 is 0 Å². The molecule has 1 aromatic carbocycles. The number of methoxy groups -OCH3 is 1. The van der Waals surface area contributed by atoms with Gasteiger partial charge in [0.2, 0.25) is 0 Å².